The number of nitrogens with zero attached hydrogens (tertiary/aromatic N) is 2. The molecule has 1 aliphatic rings. The summed E-state index contributed by atoms with van der Waals surface area (Å²) in [7, 11) is 0. The van der Waals surface area contributed by atoms with E-state index in [1.165, 1.54) is 6.92 Å². The van der Waals surface area contributed by atoms with Crippen LogP contribution in [0, 0.1) is 11.6 Å². The lowest BCUT2D eigenvalue weighted by Gasteiger charge is -2.23. The van der Waals surface area contributed by atoms with E-state index in [9.17, 15) is 23.2 Å². The zero-order valence-electron chi connectivity index (χ0n) is 14.8. The topological polar surface area (TPSA) is 90.9 Å². The van der Waals surface area contributed by atoms with Gasteiger partial charge in [-0.05, 0) is 18.2 Å². The zero-order valence-corrected chi connectivity index (χ0v) is 14.8. The zero-order chi connectivity index (χ0) is 20.3. The van der Waals surface area contributed by atoms with Gasteiger partial charge in [-0.15, -0.1) is 0 Å². The fraction of sp³-hybridized carbons (Fsp3) is 0.158. The van der Waals surface area contributed by atoms with E-state index < -0.39 is 23.4 Å². The Morgan fingerprint density at radius 1 is 1.00 bits per heavy atom. The van der Waals surface area contributed by atoms with E-state index in [0.717, 1.165) is 11.1 Å². The average Bonchev–Trinajstić information content (AvgIpc) is 2.66. The van der Waals surface area contributed by atoms with E-state index in [2.05, 4.69) is 15.7 Å². The third kappa shape index (κ3) is 4.20. The molecular weight excluding hydrogens is 370 g/mol. The third-order valence-corrected chi connectivity index (χ3v) is 3.91. The summed E-state index contributed by atoms with van der Waals surface area (Å²) < 4.78 is 27.8. The van der Waals surface area contributed by atoms with Crippen LogP contribution in [0.3, 0.4) is 0 Å². The summed E-state index contributed by atoms with van der Waals surface area (Å²) in [4.78, 5) is 35.7. The van der Waals surface area contributed by atoms with Gasteiger partial charge in [0.05, 0.1) is 17.1 Å². The molecule has 0 bridgehead atoms. The van der Waals surface area contributed by atoms with Crippen LogP contribution in [0.2, 0.25) is 0 Å². The number of para-hydroxylation sites is 1. The second-order valence-corrected chi connectivity index (χ2v) is 6.03. The largest absolute Gasteiger partial charge is 0.324 e. The number of carbonyl (C=O) groups is 3. The van der Waals surface area contributed by atoms with Gasteiger partial charge in [-0.2, -0.15) is 5.10 Å². The summed E-state index contributed by atoms with van der Waals surface area (Å²) in [5, 5.41) is 9.70. The molecule has 3 amide bonds. The SMILES string of the molecule is CC(=O)Nc1cc(NC(=O)C2=NN(c3ccccc3)C(=O)CC2)c(F)cc1F. The van der Waals surface area contributed by atoms with E-state index in [1.807, 2.05) is 0 Å². The highest BCUT2D eigenvalue weighted by Crippen LogP contribution is 2.25. The Morgan fingerprint density at radius 3 is 2.29 bits per heavy atom. The monoisotopic (exact) mass is 386 g/mol. The number of benzene rings is 2. The molecule has 0 saturated carbocycles. The van der Waals surface area contributed by atoms with Gasteiger partial charge in [0.2, 0.25) is 11.8 Å². The van der Waals surface area contributed by atoms with Crippen molar-refractivity contribution in [2.75, 3.05) is 15.6 Å². The fourth-order valence-electron chi connectivity index (χ4n) is 2.61. The lowest BCUT2D eigenvalue weighted by atomic mass is 10.1. The molecule has 2 N–H and O–H groups in total. The lowest BCUT2D eigenvalue weighted by Crippen LogP contribution is -2.36. The van der Waals surface area contributed by atoms with Crippen molar-refractivity contribution >= 4 is 40.5 Å². The number of carbonyl (C=O) groups excluding carboxylic acids is 3. The van der Waals surface area contributed by atoms with Gasteiger partial charge >= 0.3 is 0 Å². The van der Waals surface area contributed by atoms with Crippen LogP contribution in [-0.2, 0) is 14.4 Å². The summed E-state index contributed by atoms with van der Waals surface area (Å²) in [6.45, 7) is 1.17. The van der Waals surface area contributed by atoms with Crippen LogP contribution in [0.1, 0.15) is 19.8 Å². The molecule has 1 heterocycles. The Hall–Kier alpha value is -3.62. The average molecular weight is 386 g/mol. The number of halogens is 2. The van der Waals surface area contributed by atoms with Gasteiger partial charge in [0.15, 0.2) is 0 Å². The van der Waals surface area contributed by atoms with Gasteiger partial charge in [-0.3, -0.25) is 14.4 Å². The highest BCUT2D eigenvalue weighted by molar-refractivity contribution is 6.44. The minimum Gasteiger partial charge on any atom is -0.324 e. The number of hydrogen-bond donors (Lipinski definition) is 2. The predicted molar refractivity (Wildman–Crippen MR) is 99.9 cm³/mol. The summed E-state index contributed by atoms with van der Waals surface area (Å²) in [6, 6.07) is 10.1. The van der Waals surface area contributed by atoms with Crippen LogP contribution in [0.15, 0.2) is 47.6 Å². The summed E-state index contributed by atoms with van der Waals surface area (Å²) >= 11 is 0. The molecule has 2 aromatic rings. The molecule has 0 spiro atoms. The molecule has 28 heavy (non-hydrogen) atoms. The van der Waals surface area contributed by atoms with Crippen molar-refractivity contribution in [3.05, 3.63) is 54.1 Å². The minimum absolute atomic E-state index is 0.0215. The Balaban J connectivity index is 1.84. The molecule has 3 rings (SSSR count). The first kappa shape index (κ1) is 19.2. The maximum absolute atomic E-state index is 14.0. The number of hydrogen-bond acceptors (Lipinski definition) is 4. The van der Waals surface area contributed by atoms with Crippen molar-refractivity contribution in [1.82, 2.24) is 0 Å². The quantitative estimate of drug-likeness (QED) is 0.846. The molecule has 144 valence electrons. The van der Waals surface area contributed by atoms with Crippen LogP contribution >= 0.6 is 0 Å². The number of hydrazone groups is 1. The van der Waals surface area contributed by atoms with E-state index in [-0.39, 0.29) is 35.8 Å². The van der Waals surface area contributed by atoms with Crippen LogP contribution in [-0.4, -0.2) is 23.4 Å². The Bertz CT molecular complexity index is 977. The lowest BCUT2D eigenvalue weighted by molar-refractivity contribution is -0.119. The number of nitrogens with one attached hydrogen (secondary N) is 2. The smallest absolute Gasteiger partial charge is 0.271 e. The highest BCUT2D eigenvalue weighted by Gasteiger charge is 2.26. The Morgan fingerprint density at radius 2 is 1.64 bits per heavy atom. The van der Waals surface area contributed by atoms with Crippen molar-refractivity contribution in [2.45, 2.75) is 19.8 Å². The van der Waals surface area contributed by atoms with Crippen molar-refractivity contribution in [3.8, 4) is 0 Å². The second-order valence-electron chi connectivity index (χ2n) is 6.03. The molecule has 7 nitrogen and oxygen atoms in total. The van der Waals surface area contributed by atoms with Crippen LogP contribution in [0.4, 0.5) is 25.8 Å². The minimum atomic E-state index is -1.01. The predicted octanol–water partition coefficient (Wildman–Crippen LogP) is 3.04. The van der Waals surface area contributed by atoms with Gasteiger partial charge in [0.1, 0.15) is 17.3 Å². The summed E-state index contributed by atoms with van der Waals surface area (Å²) in [5.41, 5.74) is -0.0662. The van der Waals surface area contributed by atoms with Gasteiger partial charge in [-0.1, -0.05) is 18.2 Å². The van der Waals surface area contributed by atoms with Gasteiger partial charge in [0, 0.05) is 25.8 Å². The molecule has 0 atom stereocenters. The number of amides is 3. The fourth-order valence-corrected chi connectivity index (χ4v) is 2.61. The third-order valence-electron chi connectivity index (χ3n) is 3.91. The normalized spacial score (nSPS) is 13.8. The van der Waals surface area contributed by atoms with Crippen LogP contribution in [0.25, 0.3) is 0 Å². The van der Waals surface area contributed by atoms with Crippen molar-refractivity contribution in [3.63, 3.8) is 0 Å². The van der Waals surface area contributed by atoms with E-state index in [4.69, 9.17) is 0 Å². The van der Waals surface area contributed by atoms with E-state index >= 15 is 0 Å². The molecule has 0 aliphatic carbocycles. The molecule has 0 aromatic heterocycles. The van der Waals surface area contributed by atoms with Crippen LogP contribution in [0.5, 0.6) is 0 Å². The molecule has 0 fully saturated rings. The van der Waals surface area contributed by atoms with Gasteiger partial charge in [-0.25, -0.2) is 13.8 Å². The summed E-state index contributed by atoms with van der Waals surface area (Å²) in [5.74, 6) is -3.53. The summed E-state index contributed by atoms with van der Waals surface area (Å²) in [6.07, 6.45) is 0.138. The Kier molecular flexibility index (Phi) is 5.44. The first-order chi connectivity index (χ1) is 13.3. The van der Waals surface area contributed by atoms with E-state index in [1.54, 1.807) is 30.3 Å². The maximum Gasteiger partial charge on any atom is 0.271 e. The molecular formula is C19H16F2N4O3. The molecule has 2 aromatic carbocycles. The van der Waals surface area contributed by atoms with Crippen molar-refractivity contribution in [2.24, 2.45) is 5.10 Å². The molecule has 0 unspecified atom stereocenters. The molecule has 9 heteroatoms. The number of anilines is 3. The highest BCUT2D eigenvalue weighted by atomic mass is 19.1. The van der Waals surface area contributed by atoms with Crippen molar-refractivity contribution in [1.29, 1.82) is 0 Å². The number of rotatable bonds is 4. The standard InChI is InChI=1S/C19H16F2N4O3/c1-11(26)22-16-10-17(14(21)9-13(16)20)23-19(28)15-7-8-18(27)25(24-15)12-5-3-2-4-6-12/h2-6,9-10H,7-8H2,1H3,(H,22,26)(H,23,28). The van der Waals surface area contributed by atoms with Gasteiger partial charge in [0.25, 0.3) is 5.91 Å². The molecule has 0 radical (unpaired) electrons. The molecule has 1 aliphatic heterocycles. The van der Waals surface area contributed by atoms with Crippen LogP contribution < -0.4 is 15.6 Å². The van der Waals surface area contributed by atoms with Gasteiger partial charge < -0.3 is 10.6 Å². The van der Waals surface area contributed by atoms with Crippen molar-refractivity contribution < 1.29 is 23.2 Å². The maximum atomic E-state index is 14.0. The second kappa shape index (κ2) is 7.95. The molecule has 0 saturated heterocycles. The Labute approximate surface area is 159 Å². The first-order valence-electron chi connectivity index (χ1n) is 8.38. The first-order valence-corrected chi connectivity index (χ1v) is 8.38. The van der Waals surface area contributed by atoms with E-state index in [0.29, 0.717) is 11.8 Å².